The van der Waals surface area contributed by atoms with Crippen molar-refractivity contribution in [3.8, 4) is 11.1 Å². The minimum atomic E-state index is -1.46. The molecule has 15 heavy (non-hydrogen) atoms. The Morgan fingerprint density at radius 3 is 2.47 bits per heavy atom. The van der Waals surface area contributed by atoms with Gasteiger partial charge in [-0.3, -0.25) is 4.68 Å². The molecule has 0 fully saturated rings. The van der Waals surface area contributed by atoms with E-state index >= 15 is 0 Å². The Morgan fingerprint density at radius 2 is 1.87 bits per heavy atom. The molecule has 0 saturated heterocycles. The highest BCUT2D eigenvalue weighted by molar-refractivity contribution is 5.62. The first-order valence-corrected chi connectivity index (χ1v) is 4.22. The van der Waals surface area contributed by atoms with E-state index in [0.717, 1.165) is 6.07 Å². The van der Waals surface area contributed by atoms with Crippen molar-refractivity contribution in [1.29, 1.82) is 0 Å². The quantitative estimate of drug-likeness (QED) is 0.664. The zero-order valence-electron chi connectivity index (χ0n) is 7.84. The van der Waals surface area contributed by atoms with E-state index in [1.54, 1.807) is 7.05 Å². The topological polar surface area (TPSA) is 17.8 Å². The molecule has 78 valence electrons. The summed E-state index contributed by atoms with van der Waals surface area (Å²) in [6, 6.07) is 2.07. The van der Waals surface area contributed by atoms with Crippen molar-refractivity contribution in [3.05, 3.63) is 42.0 Å². The van der Waals surface area contributed by atoms with Crippen LogP contribution in [-0.4, -0.2) is 9.78 Å². The van der Waals surface area contributed by atoms with E-state index in [4.69, 9.17) is 0 Å². The molecule has 1 heterocycles. The molecule has 0 atom stereocenters. The van der Waals surface area contributed by atoms with Gasteiger partial charge in [-0.25, -0.2) is 13.2 Å². The molecule has 1 aromatic carbocycles. The number of aryl methyl sites for hydroxylation is 1. The van der Waals surface area contributed by atoms with Crippen LogP contribution in [-0.2, 0) is 7.05 Å². The Kier molecular flexibility index (Phi) is 2.22. The van der Waals surface area contributed by atoms with Gasteiger partial charge < -0.3 is 0 Å². The van der Waals surface area contributed by atoms with E-state index in [1.807, 2.05) is 0 Å². The van der Waals surface area contributed by atoms with E-state index in [0.29, 0.717) is 5.56 Å². The van der Waals surface area contributed by atoms with Gasteiger partial charge in [0, 0.05) is 24.4 Å². The molecule has 0 saturated carbocycles. The van der Waals surface area contributed by atoms with Crippen molar-refractivity contribution >= 4 is 0 Å². The van der Waals surface area contributed by atoms with E-state index in [9.17, 15) is 13.2 Å². The molecule has 1 aromatic heterocycles. The van der Waals surface area contributed by atoms with E-state index < -0.39 is 17.5 Å². The number of aromatic nitrogens is 2. The third-order valence-corrected chi connectivity index (χ3v) is 2.05. The van der Waals surface area contributed by atoms with Crippen LogP contribution in [0.15, 0.2) is 24.5 Å². The zero-order chi connectivity index (χ0) is 11.0. The smallest absolute Gasteiger partial charge is 0.195 e. The second-order valence-corrected chi connectivity index (χ2v) is 3.13. The summed E-state index contributed by atoms with van der Waals surface area (Å²) < 4.78 is 40.3. The van der Waals surface area contributed by atoms with Gasteiger partial charge in [0.2, 0.25) is 0 Å². The van der Waals surface area contributed by atoms with Crippen LogP contribution in [0.3, 0.4) is 0 Å². The summed E-state index contributed by atoms with van der Waals surface area (Å²) in [5.74, 6) is -3.85. The van der Waals surface area contributed by atoms with Crippen molar-refractivity contribution < 1.29 is 13.2 Å². The lowest BCUT2D eigenvalue weighted by molar-refractivity contribution is 0.449. The Labute approximate surface area is 84.0 Å². The van der Waals surface area contributed by atoms with E-state index in [1.165, 1.54) is 23.1 Å². The standard InChI is InChI=1S/C10H7F3N2/c1-15-5-6(4-14-15)7-2-3-8(11)10(13)9(7)12/h2-5H,1H3. The number of rotatable bonds is 1. The van der Waals surface area contributed by atoms with Crippen LogP contribution >= 0.6 is 0 Å². The molecule has 0 unspecified atom stereocenters. The average molecular weight is 212 g/mol. The molecule has 0 amide bonds. The maximum atomic E-state index is 13.3. The molecule has 0 aliphatic carbocycles. The van der Waals surface area contributed by atoms with Gasteiger partial charge in [0.05, 0.1) is 6.20 Å². The fourth-order valence-corrected chi connectivity index (χ4v) is 1.31. The maximum Gasteiger partial charge on any atom is 0.195 e. The molecule has 0 aliphatic rings. The van der Waals surface area contributed by atoms with Crippen molar-refractivity contribution in [3.63, 3.8) is 0 Å². The average Bonchev–Trinajstić information content (AvgIpc) is 2.61. The van der Waals surface area contributed by atoms with Crippen molar-refractivity contribution in [2.24, 2.45) is 7.05 Å². The van der Waals surface area contributed by atoms with Crippen LogP contribution in [0.1, 0.15) is 0 Å². The lowest BCUT2D eigenvalue weighted by atomic mass is 10.1. The van der Waals surface area contributed by atoms with Crippen LogP contribution in [0.5, 0.6) is 0 Å². The zero-order valence-corrected chi connectivity index (χ0v) is 7.84. The Morgan fingerprint density at radius 1 is 1.13 bits per heavy atom. The SMILES string of the molecule is Cn1cc(-c2ccc(F)c(F)c2F)cn1. The van der Waals surface area contributed by atoms with E-state index in [2.05, 4.69) is 5.10 Å². The van der Waals surface area contributed by atoms with Gasteiger partial charge in [0.1, 0.15) is 0 Å². The van der Waals surface area contributed by atoms with Gasteiger partial charge in [-0.1, -0.05) is 0 Å². The van der Waals surface area contributed by atoms with Gasteiger partial charge in [-0.15, -0.1) is 0 Å². The highest BCUT2D eigenvalue weighted by Gasteiger charge is 2.15. The van der Waals surface area contributed by atoms with Crippen LogP contribution in [0.25, 0.3) is 11.1 Å². The number of hydrogen-bond acceptors (Lipinski definition) is 1. The predicted molar refractivity (Wildman–Crippen MR) is 48.5 cm³/mol. The van der Waals surface area contributed by atoms with E-state index in [-0.39, 0.29) is 5.56 Å². The van der Waals surface area contributed by atoms with Crippen molar-refractivity contribution in [1.82, 2.24) is 9.78 Å². The third kappa shape index (κ3) is 1.60. The highest BCUT2D eigenvalue weighted by atomic mass is 19.2. The number of halogens is 3. The van der Waals surface area contributed by atoms with Crippen LogP contribution < -0.4 is 0 Å². The summed E-state index contributed by atoms with van der Waals surface area (Å²) in [5, 5.41) is 3.82. The molecular weight excluding hydrogens is 205 g/mol. The van der Waals surface area contributed by atoms with Gasteiger partial charge in [-0.05, 0) is 12.1 Å². The Balaban J connectivity index is 2.59. The summed E-state index contributed by atoms with van der Waals surface area (Å²) in [4.78, 5) is 0. The van der Waals surface area contributed by atoms with Gasteiger partial charge >= 0.3 is 0 Å². The first kappa shape index (κ1) is 9.76. The number of nitrogens with zero attached hydrogens (tertiary/aromatic N) is 2. The maximum absolute atomic E-state index is 13.3. The lowest BCUT2D eigenvalue weighted by Crippen LogP contribution is -1.93. The number of hydrogen-bond donors (Lipinski definition) is 0. The molecule has 0 aliphatic heterocycles. The lowest BCUT2D eigenvalue weighted by Gasteiger charge is -2.01. The largest absolute Gasteiger partial charge is 0.275 e. The Bertz CT molecular complexity index is 505. The first-order valence-electron chi connectivity index (χ1n) is 4.22. The summed E-state index contributed by atoms with van der Waals surface area (Å²) in [5.41, 5.74) is 0.413. The molecule has 2 nitrogen and oxygen atoms in total. The normalized spacial score (nSPS) is 10.7. The minimum absolute atomic E-state index is 0.00185. The summed E-state index contributed by atoms with van der Waals surface area (Å²) in [6.07, 6.45) is 2.91. The molecule has 0 spiro atoms. The van der Waals surface area contributed by atoms with Crippen LogP contribution in [0, 0.1) is 17.5 Å². The minimum Gasteiger partial charge on any atom is -0.275 e. The molecule has 0 bridgehead atoms. The van der Waals surface area contributed by atoms with Crippen LogP contribution in [0.2, 0.25) is 0 Å². The monoisotopic (exact) mass is 212 g/mol. The molecule has 0 N–H and O–H groups in total. The fourth-order valence-electron chi connectivity index (χ4n) is 1.31. The van der Waals surface area contributed by atoms with Gasteiger partial charge in [0.25, 0.3) is 0 Å². The Hall–Kier alpha value is -1.78. The van der Waals surface area contributed by atoms with Gasteiger partial charge in [-0.2, -0.15) is 5.10 Å². The molecule has 0 radical (unpaired) electrons. The molecule has 2 aromatic rings. The summed E-state index contributed by atoms with van der Waals surface area (Å²) >= 11 is 0. The van der Waals surface area contributed by atoms with Crippen LogP contribution in [0.4, 0.5) is 13.2 Å². The highest BCUT2D eigenvalue weighted by Crippen LogP contribution is 2.25. The van der Waals surface area contributed by atoms with Crippen molar-refractivity contribution in [2.45, 2.75) is 0 Å². The number of benzene rings is 1. The second-order valence-electron chi connectivity index (χ2n) is 3.13. The molecule has 5 heteroatoms. The van der Waals surface area contributed by atoms with Gasteiger partial charge in [0.15, 0.2) is 17.5 Å². The third-order valence-electron chi connectivity index (χ3n) is 2.05. The molecular formula is C10H7F3N2. The summed E-state index contributed by atoms with van der Waals surface area (Å²) in [7, 11) is 1.65. The summed E-state index contributed by atoms with van der Waals surface area (Å²) in [6.45, 7) is 0. The first-order chi connectivity index (χ1) is 7.09. The van der Waals surface area contributed by atoms with Crippen molar-refractivity contribution in [2.75, 3.05) is 0 Å². The fraction of sp³-hybridized carbons (Fsp3) is 0.100. The molecule has 2 rings (SSSR count). The second kappa shape index (κ2) is 3.42. The predicted octanol–water partition coefficient (Wildman–Crippen LogP) is 2.50.